The van der Waals surface area contributed by atoms with Crippen molar-refractivity contribution < 1.29 is 0 Å². The zero-order valence-corrected chi connectivity index (χ0v) is 31.8. The summed E-state index contributed by atoms with van der Waals surface area (Å²) in [6.45, 7) is 4.00. The summed E-state index contributed by atoms with van der Waals surface area (Å²) in [6, 6.07) is 61.0. The molecule has 4 heteroatoms. The molecule has 9 aromatic carbocycles. The van der Waals surface area contributed by atoms with Crippen molar-refractivity contribution in [3.63, 3.8) is 0 Å². The smallest absolute Gasteiger partial charge is 0.101 e. The number of benzene rings is 9. The molecule has 2 aliphatic carbocycles. The van der Waals surface area contributed by atoms with Crippen molar-refractivity contribution in [2.24, 2.45) is 0 Å². The van der Waals surface area contributed by atoms with Crippen molar-refractivity contribution in [3.8, 4) is 68.0 Å². The van der Waals surface area contributed by atoms with Crippen molar-refractivity contribution >= 4 is 65.2 Å². The maximum absolute atomic E-state index is 11.1. The molecule has 0 bridgehead atoms. The van der Waals surface area contributed by atoms with Crippen LogP contribution in [0.15, 0.2) is 158 Å². The molecule has 11 aromatic rings. The summed E-state index contributed by atoms with van der Waals surface area (Å²) in [4.78, 5) is 0. The number of fused-ring (bicyclic) bond motifs is 14. The van der Waals surface area contributed by atoms with Gasteiger partial charge in [-0.15, -0.1) is 0 Å². The Morgan fingerprint density at radius 1 is 0.345 bits per heavy atom. The molecule has 0 radical (unpaired) electrons. The minimum Gasteiger partial charge on any atom is -0.305 e. The van der Waals surface area contributed by atoms with Crippen LogP contribution in [0.25, 0.3) is 121 Å². The molecule has 0 spiro atoms. The molecule has 0 saturated heterocycles. The van der Waals surface area contributed by atoms with Gasteiger partial charge in [0.1, 0.15) is 12.1 Å². The van der Waals surface area contributed by atoms with Crippen LogP contribution in [0.2, 0.25) is 0 Å². The van der Waals surface area contributed by atoms with Crippen molar-refractivity contribution in [2.45, 2.75) is 13.8 Å². The molecule has 2 heterocycles. The van der Waals surface area contributed by atoms with Crippen molar-refractivity contribution in [1.82, 2.24) is 9.13 Å². The Hall–Kier alpha value is -7.92. The topological polar surface area (TPSA) is 57.4 Å². The predicted molar refractivity (Wildman–Crippen MR) is 240 cm³/mol. The summed E-state index contributed by atoms with van der Waals surface area (Å²) >= 11 is 0. The highest BCUT2D eigenvalue weighted by Crippen LogP contribution is 2.54. The molecule has 0 unspecified atom stereocenters. The first kappa shape index (κ1) is 32.3. The molecule has 0 fully saturated rings. The lowest BCUT2D eigenvalue weighted by molar-refractivity contribution is 1.08. The Bertz CT molecular complexity index is 3480. The molecule has 0 N–H and O–H groups in total. The zero-order chi connectivity index (χ0) is 38.8. The van der Waals surface area contributed by atoms with E-state index in [2.05, 4.69) is 167 Å². The van der Waals surface area contributed by atoms with Gasteiger partial charge in [0.25, 0.3) is 0 Å². The number of nitrogens with zero attached hydrogens (tertiary/aromatic N) is 4. The number of hydrogen-bond donors (Lipinski definition) is 0. The molecule has 2 aromatic heterocycles. The van der Waals surface area contributed by atoms with Crippen LogP contribution in [-0.4, -0.2) is 9.13 Å². The van der Waals surface area contributed by atoms with Crippen LogP contribution in [0, 0.1) is 22.7 Å². The quantitative estimate of drug-likeness (QED) is 0.177. The van der Waals surface area contributed by atoms with E-state index in [0.29, 0.717) is 22.5 Å². The van der Waals surface area contributed by atoms with E-state index in [0.717, 1.165) is 54.4 Å². The number of para-hydroxylation sites is 2. The van der Waals surface area contributed by atoms with Crippen LogP contribution in [0.4, 0.5) is 0 Å². The van der Waals surface area contributed by atoms with Gasteiger partial charge in [-0.05, 0) is 91.7 Å². The van der Waals surface area contributed by atoms with Gasteiger partial charge in [0.05, 0.1) is 44.6 Å². The number of nitriles is 2. The van der Waals surface area contributed by atoms with Gasteiger partial charge in [-0.2, -0.15) is 10.5 Å². The fourth-order valence-corrected chi connectivity index (χ4v) is 10.3. The van der Waals surface area contributed by atoms with E-state index in [4.69, 9.17) is 0 Å². The fourth-order valence-electron chi connectivity index (χ4n) is 10.3. The molecule has 0 amide bonds. The monoisotopic (exact) mass is 736 g/mol. The van der Waals surface area contributed by atoms with Gasteiger partial charge in [-0.3, -0.25) is 0 Å². The zero-order valence-electron chi connectivity index (χ0n) is 31.8. The predicted octanol–water partition coefficient (Wildman–Crippen LogP) is 14.3. The third-order valence-corrected chi connectivity index (χ3v) is 12.4. The van der Waals surface area contributed by atoms with E-state index in [1.807, 2.05) is 26.0 Å². The SMILES string of the molecule is CC.N#Cc1ccc(C#N)c(-n2c3ccccc3c3cc4c5c(cccc5c32)-c2ccccc2-4)c1-n1c2ccccc2c2cc3c4c(cccc4c21)-c1ccccc1-3. The summed E-state index contributed by atoms with van der Waals surface area (Å²) < 4.78 is 4.56. The number of hydrogen-bond acceptors (Lipinski definition) is 2. The van der Waals surface area contributed by atoms with Crippen molar-refractivity contribution in [2.75, 3.05) is 0 Å². The van der Waals surface area contributed by atoms with Gasteiger partial charge >= 0.3 is 0 Å². The van der Waals surface area contributed by atoms with Crippen LogP contribution >= 0.6 is 0 Å². The van der Waals surface area contributed by atoms with E-state index in [1.165, 1.54) is 55.3 Å². The third-order valence-electron chi connectivity index (χ3n) is 12.4. The maximum Gasteiger partial charge on any atom is 0.101 e. The van der Waals surface area contributed by atoms with E-state index < -0.39 is 0 Å². The van der Waals surface area contributed by atoms with E-state index in [1.54, 1.807) is 0 Å². The molecule has 0 atom stereocenters. The highest BCUT2D eigenvalue weighted by Gasteiger charge is 2.31. The molecule has 0 aliphatic heterocycles. The molecular formula is C54H32N4. The highest BCUT2D eigenvalue weighted by molar-refractivity contribution is 6.29. The van der Waals surface area contributed by atoms with Crippen molar-refractivity contribution in [1.29, 1.82) is 10.5 Å². The molecular weight excluding hydrogens is 705 g/mol. The Morgan fingerprint density at radius 3 is 1.10 bits per heavy atom. The summed E-state index contributed by atoms with van der Waals surface area (Å²) in [6.07, 6.45) is 0. The summed E-state index contributed by atoms with van der Waals surface area (Å²) in [5, 5.41) is 31.3. The number of rotatable bonds is 2. The van der Waals surface area contributed by atoms with E-state index in [-0.39, 0.29) is 0 Å². The second kappa shape index (κ2) is 11.8. The third kappa shape index (κ3) is 3.91. The Morgan fingerprint density at radius 2 is 0.690 bits per heavy atom. The molecule has 268 valence electrons. The summed E-state index contributed by atoms with van der Waals surface area (Å²) in [5.41, 5.74) is 16.2. The van der Waals surface area contributed by atoms with E-state index in [9.17, 15) is 10.5 Å². The van der Waals surface area contributed by atoms with Crippen molar-refractivity contribution in [3.05, 3.63) is 169 Å². The first-order valence-electron chi connectivity index (χ1n) is 19.9. The Balaban J connectivity index is 0.00000181. The second-order valence-corrected chi connectivity index (χ2v) is 15.0. The maximum atomic E-state index is 11.1. The lowest BCUT2D eigenvalue weighted by atomic mass is 9.98. The van der Waals surface area contributed by atoms with Gasteiger partial charge in [-0.25, -0.2) is 0 Å². The largest absolute Gasteiger partial charge is 0.305 e. The summed E-state index contributed by atoms with van der Waals surface area (Å²) in [7, 11) is 0. The standard InChI is InChI=1S/C52H26N4.C2H6/c53-27-29-23-24-30(28-54)50(56-46-22-8-6-16-36(46)44-26-42-34-14-4-2-12-32(34)38-18-10-20-40(48(38)42)52(44)56)49(29)55-45-21-7-5-15-35(45)43-25-41-33-13-3-1-11-31(33)37-17-9-19-39(47(37)41)51(43)55;1-2/h1-26H;1-2H3. The molecule has 0 saturated carbocycles. The summed E-state index contributed by atoms with van der Waals surface area (Å²) in [5.74, 6) is 0. The minimum absolute atomic E-state index is 0.498. The normalized spacial score (nSPS) is 11.9. The molecule has 58 heavy (non-hydrogen) atoms. The second-order valence-electron chi connectivity index (χ2n) is 15.0. The molecule has 4 nitrogen and oxygen atoms in total. The van der Waals surface area contributed by atoms with Crippen LogP contribution in [0.3, 0.4) is 0 Å². The van der Waals surface area contributed by atoms with Gasteiger partial charge in [0, 0.05) is 32.3 Å². The average molecular weight is 737 g/mol. The van der Waals surface area contributed by atoms with Gasteiger partial charge in [0.2, 0.25) is 0 Å². The van der Waals surface area contributed by atoms with Crippen LogP contribution in [-0.2, 0) is 0 Å². The lowest BCUT2D eigenvalue weighted by Gasteiger charge is -2.20. The minimum atomic E-state index is 0.498. The lowest BCUT2D eigenvalue weighted by Crippen LogP contribution is -2.09. The highest BCUT2D eigenvalue weighted by atomic mass is 15.1. The fraction of sp³-hybridized carbons (Fsp3) is 0.0370. The average Bonchev–Trinajstić information content (AvgIpc) is 4.01. The van der Waals surface area contributed by atoms with E-state index >= 15 is 0 Å². The Kier molecular flexibility index (Phi) is 6.58. The van der Waals surface area contributed by atoms with Gasteiger partial charge in [0.15, 0.2) is 0 Å². The first-order chi connectivity index (χ1) is 28.7. The molecule has 13 rings (SSSR count). The first-order valence-corrected chi connectivity index (χ1v) is 19.9. The van der Waals surface area contributed by atoms with Crippen LogP contribution < -0.4 is 0 Å². The van der Waals surface area contributed by atoms with Gasteiger partial charge in [-0.1, -0.05) is 135 Å². The van der Waals surface area contributed by atoms with Crippen LogP contribution in [0.5, 0.6) is 0 Å². The number of aromatic nitrogens is 2. The Labute approximate surface area is 334 Å². The molecule has 2 aliphatic rings. The van der Waals surface area contributed by atoms with Crippen LogP contribution in [0.1, 0.15) is 25.0 Å². The van der Waals surface area contributed by atoms with Gasteiger partial charge < -0.3 is 9.13 Å².